The van der Waals surface area contributed by atoms with E-state index in [4.69, 9.17) is 18.9 Å². The maximum atomic E-state index is 12.7. The molecular formula is C25H31N3O5S. The molecule has 0 bridgehead atoms. The third kappa shape index (κ3) is 6.85. The van der Waals surface area contributed by atoms with E-state index >= 15 is 0 Å². The van der Waals surface area contributed by atoms with Gasteiger partial charge in [-0.25, -0.2) is 4.98 Å². The Morgan fingerprint density at radius 1 is 1.09 bits per heavy atom. The first-order valence-corrected chi connectivity index (χ1v) is 11.8. The van der Waals surface area contributed by atoms with Crippen LogP contribution in [0.4, 0.5) is 0 Å². The van der Waals surface area contributed by atoms with Gasteiger partial charge in [0.2, 0.25) is 5.75 Å². The Balaban J connectivity index is 1.55. The van der Waals surface area contributed by atoms with Crippen molar-refractivity contribution in [1.29, 1.82) is 0 Å². The summed E-state index contributed by atoms with van der Waals surface area (Å²) in [6.45, 7) is 3.82. The number of thiazole rings is 1. The predicted octanol–water partition coefficient (Wildman–Crippen LogP) is 4.00. The van der Waals surface area contributed by atoms with Crippen LogP contribution in [0.3, 0.4) is 0 Å². The van der Waals surface area contributed by atoms with Crippen molar-refractivity contribution in [3.05, 3.63) is 64.1 Å². The molecule has 3 aromatic rings. The van der Waals surface area contributed by atoms with Crippen molar-refractivity contribution in [2.45, 2.75) is 26.1 Å². The van der Waals surface area contributed by atoms with Gasteiger partial charge < -0.3 is 24.3 Å². The third-order valence-corrected chi connectivity index (χ3v) is 5.72. The number of rotatable bonds is 12. The molecule has 182 valence electrons. The van der Waals surface area contributed by atoms with E-state index in [-0.39, 0.29) is 12.0 Å². The zero-order valence-corrected chi connectivity index (χ0v) is 21.0. The molecule has 2 aromatic carbocycles. The average Bonchev–Trinajstić information content (AvgIpc) is 3.34. The van der Waals surface area contributed by atoms with Crippen LogP contribution in [0.1, 0.15) is 28.5 Å². The van der Waals surface area contributed by atoms with Gasteiger partial charge in [-0.15, -0.1) is 11.3 Å². The second kappa shape index (κ2) is 12.2. The van der Waals surface area contributed by atoms with Crippen molar-refractivity contribution in [2.24, 2.45) is 0 Å². The maximum absolute atomic E-state index is 12.7. The lowest BCUT2D eigenvalue weighted by atomic mass is 10.1. The van der Waals surface area contributed by atoms with Gasteiger partial charge in [0.05, 0.1) is 39.1 Å². The maximum Gasteiger partial charge on any atom is 0.251 e. The fourth-order valence-corrected chi connectivity index (χ4v) is 4.05. The van der Waals surface area contributed by atoms with Crippen LogP contribution in [0.5, 0.6) is 23.0 Å². The highest BCUT2D eigenvalue weighted by atomic mass is 32.1. The second-order valence-electron chi connectivity index (χ2n) is 7.85. The highest BCUT2D eigenvalue weighted by Gasteiger charge is 2.17. The van der Waals surface area contributed by atoms with Crippen LogP contribution in [-0.2, 0) is 13.1 Å². The molecule has 0 radical (unpaired) electrons. The van der Waals surface area contributed by atoms with E-state index in [9.17, 15) is 4.79 Å². The molecule has 1 aromatic heterocycles. The molecular weight excluding hydrogens is 454 g/mol. The molecule has 0 aliphatic rings. The summed E-state index contributed by atoms with van der Waals surface area (Å²) >= 11 is 1.60. The number of hydrogen-bond donors (Lipinski definition) is 1. The van der Waals surface area contributed by atoms with Crippen molar-refractivity contribution in [1.82, 2.24) is 15.2 Å². The molecule has 0 aliphatic carbocycles. The number of carbonyl (C=O) groups excluding carboxylic acids is 1. The van der Waals surface area contributed by atoms with Crippen molar-refractivity contribution in [3.63, 3.8) is 0 Å². The molecule has 1 unspecified atom stereocenters. The molecule has 0 aliphatic heterocycles. The highest BCUT2D eigenvalue weighted by molar-refractivity contribution is 7.07. The molecule has 8 nitrogen and oxygen atoms in total. The molecule has 1 atom stereocenters. The first-order valence-electron chi connectivity index (χ1n) is 10.8. The van der Waals surface area contributed by atoms with E-state index in [0.29, 0.717) is 29.4 Å². The summed E-state index contributed by atoms with van der Waals surface area (Å²) < 4.78 is 22.0. The van der Waals surface area contributed by atoms with Crippen LogP contribution in [0.25, 0.3) is 0 Å². The van der Waals surface area contributed by atoms with Crippen molar-refractivity contribution >= 4 is 17.2 Å². The summed E-state index contributed by atoms with van der Waals surface area (Å²) in [5.41, 5.74) is 4.46. The smallest absolute Gasteiger partial charge is 0.251 e. The van der Waals surface area contributed by atoms with E-state index in [1.54, 1.807) is 23.5 Å². The van der Waals surface area contributed by atoms with Crippen molar-refractivity contribution < 1.29 is 23.7 Å². The molecule has 1 amide bonds. The van der Waals surface area contributed by atoms with Gasteiger partial charge in [-0.3, -0.25) is 9.69 Å². The zero-order chi connectivity index (χ0) is 24.5. The average molecular weight is 486 g/mol. The lowest BCUT2D eigenvalue weighted by Crippen LogP contribution is -2.33. The van der Waals surface area contributed by atoms with Crippen LogP contribution in [-0.4, -0.2) is 56.8 Å². The monoisotopic (exact) mass is 485 g/mol. The normalized spacial score (nSPS) is 11.7. The number of aromatic nitrogens is 1. The molecule has 3 rings (SSSR count). The standard InChI is InChI=1S/C25H31N3O5S/c1-17(12-26-25(29)19-10-22(30-3)24(32-5)23(11-19)31-4)33-21-8-6-7-18(9-21)13-28(2)14-20-15-34-16-27-20/h6-11,15-17H,12-14H2,1-5H3,(H,26,29). The van der Waals surface area contributed by atoms with Gasteiger partial charge in [0.1, 0.15) is 11.9 Å². The quantitative estimate of drug-likeness (QED) is 0.415. The van der Waals surface area contributed by atoms with Crippen LogP contribution < -0.4 is 24.3 Å². The summed E-state index contributed by atoms with van der Waals surface area (Å²) in [6.07, 6.45) is -0.228. The van der Waals surface area contributed by atoms with Crippen molar-refractivity contribution in [2.75, 3.05) is 34.9 Å². The number of benzene rings is 2. The van der Waals surface area contributed by atoms with E-state index in [0.717, 1.165) is 30.1 Å². The minimum atomic E-state index is -0.257. The summed E-state index contributed by atoms with van der Waals surface area (Å²) in [4.78, 5) is 19.3. The number of ether oxygens (including phenoxy) is 4. The molecule has 0 spiro atoms. The fourth-order valence-electron chi connectivity index (χ4n) is 3.50. The Hall–Kier alpha value is -3.30. The first-order chi connectivity index (χ1) is 16.4. The molecule has 1 heterocycles. The van der Waals surface area contributed by atoms with Gasteiger partial charge in [0, 0.05) is 24.0 Å². The van der Waals surface area contributed by atoms with Crippen LogP contribution in [0.2, 0.25) is 0 Å². The lowest BCUT2D eigenvalue weighted by Gasteiger charge is -2.19. The number of nitrogens with zero attached hydrogens (tertiary/aromatic N) is 2. The largest absolute Gasteiger partial charge is 0.493 e. The topological polar surface area (TPSA) is 82.2 Å². The second-order valence-corrected chi connectivity index (χ2v) is 8.57. The van der Waals surface area contributed by atoms with Crippen LogP contribution in [0, 0.1) is 0 Å². The zero-order valence-electron chi connectivity index (χ0n) is 20.2. The van der Waals surface area contributed by atoms with E-state index in [1.807, 2.05) is 30.6 Å². The van der Waals surface area contributed by atoms with E-state index < -0.39 is 0 Å². The minimum absolute atomic E-state index is 0.228. The van der Waals surface area contributed by atoms with Gasteiger partial charge >= 0.3 is 0 Å². The summed E-state index contributed by atoms with van der Waals surface area (Å²) in [5.74, 6) is 1.79. The lowest BCUT2D eigenvalue weighted by molar-refractivity contribution is 0.0931. The number of hydrogen-bond acceptors (Lipinski definition) is 8. The highest BCUT2D eigenvalue weighted by Crippen LogP contribution is 2.38. The number of nitrogens with one attached hydrogen (secondary N) is 1. The summed E-state index contributed by atoms with van der Waals surface area (Å²) in [5, 5.41) is 4.96. The van der Waals surface area contributed by atoms with Gasteiger partial charge in [-0.2, -0.15) is 0 Å². The Kier molecular flexibility index (Phi) is 9.12. The van der Waals surface area contributed by atoms with Gasteiger partial charge in [0.15, 0.2) is 11.5 Å². The van der Waals surface area contributed by atoms with Crippen LogP contribution in [0.15, 0.2) is 47.3 Å². The molecule has 0 fully saturated rings. The molecule has 0 saturated carbocycles. The fraction of sp³-hybridized carbons (Fsp3) is 0.360. The van der Waals surface area contributed by atoms with E-state index in [1.165, 1.54) is 21.3 Å². The SMILES string of the molecule is COc1cc(C(=O)NCC(C)Oc2cccc(CN(C)Cc3cscn3)c2)cc(OC)c1OC. The molecule has 9 heteroatoms. The molecule has 34 heavy (non-hydrogen) atoms. The minimum Gasteiger partial charge on any atom is -0.493 e. The molecule has 1 N–H and O–H groups in total. The van der Waals surface area contributed by atoms with Crippen LogP contribution >= 0.6 is 11.3 Å². The van der Waals surface area contributed by atoms with E-state index in [2.05, 4.69) is 33.7 Å². The number of amides is 1. The predicted molar refractivity (Wildman–Crippen MR) is 132 cm³/mol. The Labute approximate surface area is 204 Å². The van der Waals surface area contributed by atoms with Gasteiger partial charge in [-0.1, -0.05) is 12.1 Å². The Morgan fingerprint density at radius 2 is 1.82 bits per heavy atom. The Morgan fingerprint density at radius 3 is 2.44 bits per heavy atom. The first kappa shape index (κ1) is 25.3. The molecule has 0 saturated heterocycles. The summed E-state index contributed by atoms with van der Waals surface area (Å²) in [6, 6.07) is 11.2. The van der Waals surface area contributed by atoms with Gasteiger partial charge in [-0.05, 0) is 43.8 Å². The van der Waals surface area contributed by atoms with Crippen molar-refractivity contribution in [3.8, 4) is 23.0 Å². The Bertz CT molecular complexity index is 1050. The van der Waals surface area contributed by atoms with Gasteiger partial charge in [0.25, 0.3) is 5.91 Å². The number of carbonyl (C=O) groups is 1. The number of methoxy groups -OCH3 is 3. The summed E-state index contributed by atoms with van der Waals surface area (Å²) in [7, 11) is 6.61. The third-order valence-electron chi connectivity index (χ3n) is 5.08.